The van der Waals surface area contributed by atoms with Gasteiger partial charge in [0, 0.05) is 45.2 Å². The van der Waals surface area contributed by atoms with Crippen LogP contribution in [0.4, 0.5) is 0 Å². The van der Waals surface area contributed by atoms with Crippen LogP contribution in [0.5, 0.6) is 0 Å². The van der Waals surface area contributed by atoms with Gasteiger partial charge in [-0.1, -0.05) is 37.3 Å². The van der Waals surface area contributed by atoms with Crippen LogP contribution in [0.3, 0.4) is 0 Å². The van der Waals surface area contributed by atoms with Crippen LogP contribution in [0.2, 0.25) is 0 Å². The summed E-state index contributed by atoms with van der Waals surface area (Å²) < 4.78 is 5.91. The van der Waals surface area contributed by atoms with Gasteiger partial charge in [-0.25, -0.2) is 0 Å². The molecule has 0 saturated carbocycles. The minimum absolute atomic E-state index is 0.0265. The highest BCUT2D eigenvalue weighted by Gasteiger charge is 2.43. The summed E-state index contributed by atoms with van der Waals surface area (Å²) in [4.78, 5) is 45.7. The summed E-state index contributed by atoms with van der Waals surface area (Å²) >= 11 is 0. The summed E-state index contributed by atoms with van der Waals surface area (Å²) in [6.45, 7) is 11.6. The predicted octanol–water partition coefficient (Wildman–Crippen LogP) is 2.55. The lowest BCUT2D eigenvalue weighted by Gasteiger charge is -2.47. The lowest BCUT2D eigenvalue weighted by atomic mass is 9.72. The number of nitrogens with one attached hydrogen (secondary N) is 1. The molecule has 0 spiro atoms. The van der Waals surface area contributed by atoms with E-state index in [1.165, 1.54) is 0 Å². The fraction of sp³-hybridized carbons (Fsp3) is 0.586. The number of ether oxygens (including phenoxy) is 1. The predicted molar refractivity (Wildman–Crippen MR) is 151 cm³/mol. The van der Waals surface area contributed by atoms with E-state index in [1.54, 1.807) is 25.8 Å². The Hall–Kier alpha value is -3.04. The zero-order valence-electron chi connectivity index (χ0n) is 23.8. The van der Waals surface area contributed by atoms with E-state index in [4.69, 9.17) is 10.5 Å². The van der Waals surface area contributed by atoms with E-state index in [9.17, 15) is 14.4 Å². The Balaban J connectivity index is 2.23. The molecular weight excluding hydrogens is 482 g/mol. The quantitative estimate of drug-likeness (QED) is 0.253. The molecule has 0 bridgehead atoms. The van der Waals surface area contributed by atoms with Crippen LogP contribution < -0.4 is 11.1 Å². The molecule has 3 amide bonds. The van der Waals surface area contributed by atoms with Crippen molar-refractivity contribution in [3.05, 3.63) is 47.0 Å². The van der Waals surface area contributed by atoms with Gasteiger partial charge in [0.15, 0.2) is 0 Å². The first kappa shape index (κ1) is 31.2. The second-order valence-corrected chi connectivity index (χ2v) is 10.5. The van der Waals surface area contributed by atoms with Gasteiger partial charge in [-0.15, -0.1) is 0 Å². The number of hydrogen-bond acceptors (Lipinski definition) is 6. The molecule has 210 valence electrons. The highest BCUT2D eigenvalue weighted by Crippen LogP contribution is 2.38. The van der Waals surface area contributed by atoms with Crippen molar-refractivity contribution >= 4 is 24.4 Å². The molecule has 9 nitrogen and oxygen atoms in total. The molecule has 0 radical (unpaired) electrons. The van der Waals surface area contributed by atoms with Crippen LogP contribution in [0, 0.1) is 5.92 Å². The number of aliphatic imine (C=N–C) groups is 1. The molecule has 2 rings (SSSR count). The number of carbonyl (C=O) groups is 3. The number of carbonyl (C=O) groups excluding carboxylic acids is 3. The van der Waals surface area contributed by atoms with E-state index in [-0.39, 0.29) is 36.8 Å². The van der Waals surface area contributed by atoms with E-state index in [0.29, 0.717) is 26.2 Å². The average molecular weight is 528 g/mol. The Morgan fingerprint density at radius 3 is 2.50 bits per heavy atom. The van der Waals surface area contributed by atoms with Crippen LogP contribution in [0.1, 0.15) is 53.0 Å². The molecule has 38 heavy (non-hydrogen) atoms. The van der Waals surface area contributed by atoms with Crippen molar-refractivity contribution in [2.75, 3.05) is 33.3 Å². The summed E-state index contributed by atoms with van der Waals surface area (Å²) in [6, 6.07) is 9.06. The monoisotopic (exact) mass is 527 g/mol. The van der Waals surface area contributed by atoms with Crippen molar-refractivity contribution in [2.24, 2.45) is 16.6 Å². The molecule has 0 fully saturated rings. The molecule has 9 heteroatoms. The standard InChI is InChI=1S/C29H45N5O4/c1-7-14-34(27-21(3)24(16-31-8-2)25(27)17-33(6)20-35)26(36)15-23(32-28(37)29(4,5)30)19-38-18-22-12-10-9-11-13-22/h9-13,16,20,23,25,27H,7-8,14-15,17-19,30H2,1-6H3,(H,32,37). The van der Waals surface area contributed by atoms with Crippen molar-refractivity contribution in [1.82, 2.24) is 15.1 Å². The van der Waals surface area contributed by atoms with E-state index >= 15 is 0 Å². The Morgan fingerprint density at radius 2 is 1.92 bits per heavy atom. The van der Waals surface area contributed by atoms with Gasteiger partial charge in [0.2, 0.25) is 18.2 Å². The second-order valence-electron chi connectivity index (χ2n) is 10.5. The van der Waals surface area contributed by atoms with Gasteiger partial charge in [-0.2, -0.15) is 0 Å². The summed E-state index contributed by atoms with van der Waals surface area (Å²) in [7, 11) is 1.74. The van der Waals surface area contributed by atoms with Gasteiger partial charge in [0.05, 0.1) is 30.8 Å². The lowest BCUT2D eigenvalue weighted by Crippen LogP contribution is -2.57. The molecule has 3 atom stereocenters. The lowest BCUT2D eigenvalue weighted by molar-refractivity contribution is -0.136. The van der Waals surface area contributed by atoms with Crippen LogP contribution >= 0.6 is 0 Å². The Labute approximate surface area is 227 Å². The van der Waals surface area contributed by atoms with Crippen molar-refractivity contribution in [3.8, 4) is 0 Å². The van der Waals surface area contributed by atoms with Gasteiger partial charge in [0.1, 0.15) is 0 Å². The number of nitrogens with two attached hydrogens (primary N) is 1. The van der Waals surface area contributed by atoms with Gasteiger partial charge in [-0.05, 0) is 50.8 Å². The number of amides is 3. The van der Waals surface area contributed by atoms with Gasteiger partial charge in [-0.3, -0.25) is 19.4 Å². The normalized spacial score (nSPS) is 18.2. The molecule has 0 saturated heterocycles. The highest BCUT2D eigenvalue weighted by molar-refractivity contribution is 5.87. The summed E-state index contributed by atoms with van der Waals surface area (Å²) in [5.41, 5.74) is 8.09. The largest absolute Gasteiger partial charge is 0.375 e. The second kappa shape index (κ2) is 14.8. The molecule has 0 aromatic heterocycles. The fourth-order valence-electron chi connectivity index (χ4n) is 4.63. The molecule has 1 aromatic rings. The van der Waals surface area contributed by atoms with Crippen molar-refractivity contribution in [2.45, 2.75) is 71.7 Å². The minimum atomic E-state index is -1.09. The third kappa shape index (κ3) is 8.77. The maximum absolute atomic E-state index is 13.8. The fourth-order valence-corrected chi connectivity index (χ4v) is 4.63. The van der Waals surface area contributed by atoms with Crippen molar-refractivity contribution < 1.29 is 19.1 Å². The van der Waals surface area contributed by atoms with Crippen LogP contribution in [-0.4, -0.2) is 85.2 Å². The maximum Gasteiger partial charge on any atom is 0.239 e. The zero-order chi connectivity index (χ0) is 28.3. The number of benzene rings is 1. The molecule has 0 aliphatic heterocycles. The third-order valence-corrected chi connectivity index (χ3v) is 6.65. The van der Waals surface area contributed by atoms with E-state index < -0.39 is 11.6 Å². The summed E-state index contributed by atoms with van der Waals surface area (Å²) in [6.07, 6.45) is 3.53. The molecule has 3 unspecified atom stereocenters. The first-order valence-corrected chi connectivity index (χ1v) is 13.4. The van der Waals surface area contributed by atoms with Gasteiger partial charge >= 0.3 is 0 Å². The Bertz CT molecular complexity index is 986. The summed E-state index contributed by atoms with van der Waals surface area (Å²) in [5.74, 6) is -0.449. The van der Waals surface area contributed by atoms with E-state index in [1.807, 2.05) is 62.2 Å². The third-order valence-electron chi connectivity index (χ3n) is 6.65. The van der Waals surface area contributed by atoms with Crippen LogP contribution in [0.15, 0.2) is 46.5 Å². The first-order valence-electron chi connectivity index (χ1n) is 13.4. The first-order chi connectivity index (χ1) is 18.0. The highest BCUT2D eigenvalue weighted by atomic mass is 16.5. The minimum Gasteiger partial charge on any atom is -0.375 e. The average Bonchev–Trinajstić information content (AvgIpc) is 2.88. The van der Waals surface area contributed by atoms with Gasteiger partial charge in [0.25, 0.3) is 0 Å². The topological polar surface area (TPSA) is 117 Å². The SMILES string of the molecule is CCCN(C(=O)CC(COCc1ccccc1)NC(=O)C(C)(C)N)C1C(C)=C(C=NCC)C1CN(C)C=O. The molecule has 1 aromatic carbocycles. The number of hydrogen-bond donors (Lipinski definition) is 2. The maximum atomic E-state index is 13.8. The Morgan fingerprint density at radius 1 is 1.24 bits per heavy atom. The van der Waals surface area contributed by atoms with Crippen molar-refractivity contribution in [3.63, 3.8) is 0 Å². The smallest absolute Gasteiger partial charge is 0.239 e. The number of rotatable bonds is 16. The van der Waals surface area contributed by atoms with Crippen molar-refractivity contribution in [1.29, 1.82) is 0 Å². The van der Waals surface area contributed by atoms with Crippen LogP contribution in [-0.2, 0) is 25.7 Å². The molecule has 1 aliphatic rings. The van der Waals surface area contributed by atoms with Gasteiger partial charge < -0.3 is 25.6 Å². The molecule has 0 heterocycles. The summed E-state index contributed by atoms with van der Waals surface area (Å²) in [5, 5.41) is 2.92. The van der Waals surface area contributed by atoms with Crippen LogP contribution in [0.25, 0.3) is 0 Å². The Kier molecular flexibility index (Phi) is 12.1. The molecular formula is C29H45N5O4. The van der Waals surface area contributed by atoms with E-state index in [0.717, 1.165) is 29.5 Å². The zero-order valence-corrected chi connectivity index (χ0v) is 23.8. The molecule has 1 aliphatic carbocycles. The van der Waals surface area contributed by atoms with E-state index in [2.05, 4.69) is 10.3 Å². The number of nitrogens with zero attached hydrogens (tertiary/aromatic N) is 3. The molecule has 3 N–H and O–H groups in total.